The minimum absolute atomic E-state index is 0.203. The van der Waals surface area contributed by atoms with Crippen molar-refractivity contribution in [3.63, 3.8) is 0 Å². The van der Waals surface area contributed by atoms with E-state index in [-0.39, 0.29) is 38.6 Å². The summed E-state index contributed by atoms with van der Waals surface area (Å²) in [5.74, 6) is -0.687. The molecule has 0 N–H and O–H groups in total. The van der Waals surface area contributed by atoms with Crippen LogP contribution < -0.4 is 5.76 Å². The Morgan fingerprint density at radius 1 is 1.03 bits per heavy atom. The average molecular weight is 483 g/mol. The molecule has 9 nitrogen and oxygen atoms in total. The smallest absolute Gasteiger partial charge is 0.338 e. The molecule has 0 unspecified atom stereocenters. The van der Waals surface area contributed by atoms with Gasteiger partial charge < -0.3 is 4.90 Å². The molecule has 1 saturated heterocycles. The highest BCUT2D eigenvalue weighted by Gasteiger charge is 2.31. The molecule has 0 bridgehead atoms. The highest BCUT2D eigenvalue weighted by atomic mass is 32.2. The number of hydrogen-bond donors (Lipinski definition) is 0. The van der Waals surface area contributed by atoms with E-state index in [0.29, 0.717) is 16.3 Å². The quantitative estimate of drug-likeness (QED) is 0.549. The number of carbonyl (C=O) groups excluding carboxylic acids is 1. The molecule has 178 valence electrons. The molecule has 34 heavy (non-hydrogen) atoms. The van der Waals surface area contributed by atoms with Crippen LogP contribution in [0.2, 0.25) is 0 Å². The summed E-state index contributed by atoms with van der Waals surface area (Å²) in [6.45, 7) is 2.58. The van der Waals surface area contributed by atoms with Crippen LogP contribution in [0.15, 0.2) is 56.7 Å². The van der Waals surface area contributed by atoms with Crippen molar-refractivity contribution in [1.29, 1.82) is 0 Å². The first-order valence-electron chi connectivity index (χ1n) is 11.4. The summed E-state index contributed by atoms with van der Waals surface area (Å²) in [6, 6.07) is 12.8. The fraction of sp³-hybridized carbons (Fsp3) is 0.375. The minimum Gasteiger partial charge on any atom is -0.338 e. The number of hydrogen-bond acceptors (Lipinski definition) is 6. The van der Waals surface area contributed by atoms with E-state index in [2.05, 4.69) is 5.16 Å². The number of nitrogens with zero attached hydrogens (tertiary/aromatic N) is 4. The fourth-order valence-electron chi connectivity index (χ4n) is 4.70. The van der Waals surface area contributed by atoms with Crippen LogP contribution in [-0.4, -0.2) is 59.4 Å². The molecule has 2 heterocycles. The second-order valence-corrected chi connectivity index (χ2v) is 10.7. The van der Waals surface area contributed by atoms with Crippen LogP contribution in [0.25, 0.3) is 11.4 Å². The monoisotopic (exact) mass is 482 g/mol. The third-order valence-corrected chi connectivity index (χ3v) is 8.56. The van der Waals surface area contributed by atoms with E-state index in [1.165, 1.54) is 14.4 Å². The number of aryl methyl sites for hydroxylation is 3. The number of carbonyl (C=O) groups is 1. The maximum absolute atomic E-state index is 13.2. The molecule has 2 aromatic carbocycles. The predicted molar refractivity (Wildman–Crippen MR) is 125 cm³/mol. The normalized spacial score (nSPS) is 16.6. The molecule has 10 heteroatoms. The SMILES string of the molecule is Cc1ccccc1-c1noc(=O)n1CC(=O)N1CCN(S(=O)(=O)c2ccc3c(c2)CCC3)CC1. The molecule has 0 saturated carbocycles. The van der Waals surface area contributed by atoms with Gasteiger partial charge in [-0.3, -0.25) is 9.32 Å². The van der Waals surface area contributed by atoms with Crippen molar-refractivity contribution in [3.8, 4) is 11.4 Å². The molecule has 0 atom stereocenters. The number of piperazine rings is 1. The molecule has 1 aliphatic heterocycles. The van der Waals surface area contributed by atoms with Crippen molar-refractivity contribution in [3.05, 3.63) is 69.7 Å². The lowest BCUT2D eigenvalue weighted by molar-refractivity contribution is -0.133. The Morgan fingerprint density at radius 3 is 2.53 bits per heavy atom. The van der Waals surface area contributed by atoms with Crippen molar-refractivity contribution in [2.45, 2.75) is 37.6 Å². The number of aromatic nitrogens is 2. The first-order valence-corrected chi connectivity index (χ1v) is 12.8. The molecule has 5 rings (SSSR count). The van der Waals surface area contributed by atoms with Crippen molar-refractivity contribution in [1.82, 2.24) is 18.9 Å². The third kappa shape index (κ3) is 4.07. The molecule has 0 radical (unpaired) electrons. The Morgan fingerprint density at radius 2 is 1.76 bits per heavy atom. The lowest BCUT2D eigenvalue weighted by Crippen LogP contribution is -2.51. The van der Waals surface area contributed by atoms with Gasteiger partial charge in [-0.25, -0.2) is 17.8 Å². The van der Waals surface area contributed by atoms with Crippen LogP contribution in [0.4, 0.5) is 0 Å². The maximum Gasteiger partial charge on any atom is 0.442 e. The van der Waals surface area contributed by atoms with E-state index in [9.17, 15) is 18.0 Å². The molecule has 0 spiro atoms. The zero-order valence-corrected chi connectivity index (χ0v) is 19.8. The molecule has 1 amide bonds. The van der Waals surface area contributed by atoms with Gasteiger partial charge in [0.05, 0.1) is 4.90 Å². The van der Waals surface area contributed by atoms with Gasteiger partial charge in [0, 0.05) is 31.7 Å². The second kappa shape index (κ2) is 8.84. The molecule has 1 fully saturated rings. The summed E-state index contributed by atoms with van der Waals surface area (Å²) in [5, 5.41) is 3.86. The van der Waals surface area contributed by atoms with Gasteiger partial charge in [-0.15, -0.1) is 0 Å². The van der Waals surface area contributed by atoms with E-state index < -0.39 is 15.8 Å². The van der Waals surface area contributed by atoms with E-state index in [1.807, 2.05) is 37.3 Å². The van der Waals surface area contributed by atoms with Gasteiger partial charge in [0.25, 0.3) is 0 Å². The average Bonchev–Trinajstić information content (AvgIpc) is 3.46. The number of benzene rings is 2. The first-order chi connectivity index (χ1) is 16.3. The van der Waals surface area contributed by atoms with E-state index in [0.717, 1.165) is 30.4 Å². The highest BCUT2D eigenvalue weighted by molar-refractivity contribution is 7.89. The lowest BCUT2D eigenvalue weighted by Gasteiger charge is -2.34. The van der Waals surface area contributed by atoms with Crippen LogP contribution in [0.5, 0.6) is 0 Å². The van der Waals surface area contributed by atoms with Crippen LogP contribution in [0.3, 0.4) is 0 Å². The summed E-state index contributed by atoms with van der Waals surface area (Å²) in [4.78, 5) is 27.1. The third-order valence-electron chi connectivity index (χ3n) is 6.66. The second-order valence-electron chi connectivity index (χ2n) is 8.74. The first kappa shape index (κ1) is 22.5. The van der Waals surface area contributed by atoms with E-state index in [1.54, 1.807) is 17.0 Å². The van der Waals surface area contributed by atoms with E-state index >= 15 is 0 Å². The Labute approximate surface area is 197 Å². The molecule has 1 aliphatic carbocycles. The van der Waals surface area contributed by atoms with Gasteiger partial charge in [0.2, 0.25) is 15.9 Å². The minimum atomic E-state index is -3.62. The molecular formula is C24H26N4O5S. The summed E-state index contributed by atoms with van der Waals surface area (Å²) in [5.41, 5.74) is 3.95. The van der Waals surface area contributed by atoms with Gasteiger partial charge in [-0.2, -0.15) is 4.31 Å². The Balaban J connectivity index is 1.27. The summed E-state index contributed by atoms with van der Waals surface area (Å²) >= 11 is 0. The van der Waals surface area contributed by atoms with Gasteiger partial charge in [0.1, 0.15) is 6.54 Å². The van der Waals surface area contributed by atoms with Crippen molar-refractivity contribution in [2.75, 3.05) is 26.2 Å². The number of fused-ring (bicyclic) bond motifs is 1. The zero-order chi connectivity index (χ0) is 23.9. The standard InChI is InChI=1S/C24H26N4O5S/c1-17-5-2-3-8-21(17)23-25-33-24(30)28(23)16-22(29)26-11-13-27(14-12-26)34(31,32)20-10-9-18-6-4-7-19(18)15-20/h2-3,5,8-10,15H,4,6-7,11-14,16H2,1H3. The van der Waals surface area contributed by atoms with Crippen molar-refractivity contribution in [2.24, 2.45) is 0 Å². The number of rotatable bonds is 5. The van der Waals surface area contributed by atoms with Gasteiger partial charge >= 0.3 is 5.76 Å². The molecule has 1 aromatic heterocycles. The van der Waals surface area contributed by atoms with Crippen molar-refractivity contribution < 1.29 is 17.7 Å². The Hall–Kier alpha value is -3.24. The number of sulfonamides is 1. The summed E-state index contributed by atoms with van der Waals surface area (Å²) in [6.07, 6.45) is 2.96. The molecule has 3 aromatic rings. The summed E-state index contributed by atoms with van der Waals surface area (Å²) in [7, 11) is -3.62. The number of amides is 1. The summed E-state index contributed by atoms with van der Waals surface area (Å²) < 4.78 is 33.8. The maximum atomic E-state index is 13.2. The molecule has 2 aliphatic rings. The van der Waals surface area contributed by atoms with Gasteiger partial charge in [-0.05, 0) is 55.0 Å². The largest absolute Gasteiger partial charge is 0.442 e. The Kier molecular flexibility index (Phi) is 5.86. The Bertz CT molecular complexity index is 1400. The van der Waals surface area contributed by atoms with Crippen molar-refractivity contribution >= 4 is 15.9 Å². The van der Waals surface area contributed by atoms with Crippen LogP contribution in [-0.2, 0) is 34.2 Å². The van der Waals surface area contributed by atoms with Gasteiger partial charge in [-0.1, -0.05) is 35.5 Å². The van der Waals surface area contributed by atoms with Gasteiger partial charge in [0.15, 0.2) is 5.82 Å². The fourth-order valence-corrected chi connectivity index (χ4v) is 6.17. The van der Waals surface area contributed by atoms with Crippen LogP contribution >= 0.6 is 0 Å². The van der Waals surface area contributed by atoms with Crippen LogP contribution in [0, 0.1) is 6.92 Å². The zero-order valence-electron chi connectivity index (χ0n) is 18.9. The topological polar surface area (TPSA) is 106 Å². The molecular weight excluding hydrogens is 456 g/mol. The van der Waals surface area contributed by atoms with Crippen LogP contribution in [0.1, 0.15) is 23.1 Å². The van der Waals surface area contributed by atoms with E-state index in [4.69, 9.17) is 4.52 Å². The lowest BCUT2D eigenvalue weighted by atomic mass is 10.1. The highest BCUT2D eigenvalue weighted by Crippen LogP contribution is 2.27. The predicted octanol–water partition coefficient (Wildman–Crippen LogP) is 1.83.